The van der Waals surface area contributed by atoms with Crippen LogP contribution in [0.2, 0.25) is 0 Å². The van der Waals surface area contributed by atoms with Gasteiger partial charge in [-0.15, -0.1) is 0 Å². The summed E-state index contributed by atoms with van der Waals surface area (Å²) >= 11 is 0. The van der Waals surface area contributed by atoms with Gasteiger partial charge in [-0.1, -0.05) is 0 Å². The Hall–Kier alpha value is -1.93. The molecule has 0 aliphatic carbocycles. The zero-order valence-corrected chi connectivity index (χ0v) is 12.1. The molecule has 0 bridgehead atoms. The van der Waals surface area contributed by atoms with E-state index in [1.54, 1.807) is 18.7 Å². The van der Waals surface area contributed by atoms with Crippen LogP contribution in [0.4, 0.5) is 0 Å². The zero-order chi connectivity index (χ0) is 15.6. The van der Waals surface area contributed by atoms with E-state index in [2.05, 4.69) is 4.98 Å². The van der Waals surface area contributed by atoms with Crippen LogP contribution in [0.1, 0.15) is 22.1 Å². The van der Waals surface area contributed by atoms with Gasteiger partial charge < -0.3 is 19.5 Å². The van der Waals surface area contributed by atoms with Crippen molar-refractivity contribution in [3.63, 3.8) is 0 Å². The summed E-state index contributed by atoms with van der Waals surface area (Å²) in [6.07, 6.45) is -0.792. The minimum Gasteiger partial charge on any atom is -0.480 e. The Labute approximate surface area is 122 Å². The molecule has 116 valence electrons. The molecule has 1 fully saturated rings. The fourth-order valence-corrected chi connectivity index (χ4v) is 2.45. The molecule has 0 aromatic carbocycles. The maximum atomic E-state index is 12.4. The van der Waals surface area contributed by atoms with Crippen molar-refractivity contribution < 1.29 is 24.2 Å². The van der Waals surface area contributed by atoms with E-state index in [0.29, 0.717) is 24.7 Å². The predicted octanol–water partition coefficient (Wildman–Crippen LogP) is -0.505. The molecule has 0 unspecified atom stereocenters. The molecule has 8 nitrogen and oxygen atoms in total. The Kier molecular flexibility index (Phi) is 4.59. The maximum absolute atomic E-state index is 12.4. The number of aliphatic hydroxyl groups excluding tert-OH is 1. The zero-order valence-electron chi connectivity index (χ0n) is 12.1. The van der Waals surface area contributed by atoms with Crippen molar-refractivity contribution in [2.75, 3.05) is 32.7 Å². The molecule has 1 atom stereocenters. The number of rotatable bonds is 3. The number of aryl methyl sites for hydroxylation is 2. The van der Waals surface area contributed by atoms with Crippen molar-refractivity contribution in [2.24, 2.45) is 0 Å². The largest absolute Gasteiger partial charge is 0.480 e. The van der Waals surface area contributed by atoms with Crippen LogP contribution < -0.4 is 0 Å². The highest BCUT2D eigenvalue weighted by Crippen LogP contribution is 2.14. The number of carboxylic acid groups (broad SMARTS) is 1. The van der Waals surface area contributed by atoms with Crippen LogP contribution in [0, 0.1) is 13.8 Å². The van der Waals surface area contributed by atoms with Crippen LogP contribution in [-0.4, -0.2) is 75.7 Å². The molecule has 2 N–H and O–H groups in total. The number of carbonyl (C=O) groups is 2. The molecule has 1 aromatic heterocycles. The fourth-order valence-electron chi connectivity index (χ4n) is 2.45. The molecule has 2 rings (SSSR count). The quantitative estimate of drug-likeness (QED) is 0.774. The highest BCUT2D eigenvalue weighted by atomic mass is 16.4. The van der Waals surface area contributed by atoms with Crippen molar-refractivity contribution in [1.82, 2.24) is 14.8 Å². The van der Waals surface area contributed by atoms with E-state index in [1.807, 2.05) is 0 Å². The Morgan fingerprint density at radius 2 is 2.05 bits per heavy atom. The van der Waals surface area contributed by atoms with E-state index in [9.17, 15) is 14.7 Å². The lowest BCUT2D eigenvalue weighted by Gasteiger charge is -2.20. The Balaban J connectivity index is 2.08. The van der Waals surface area contributed by atoms with Gasteiger partial charge in [-0.3, -0.25) is 14.5 Å². The first-order valence-corrected chi connectivity index (χ1v) is 6.72. The first-order chi connectivity index (χ1) is 9.86. The number of hydrogen-bond acceptors (Lipinski definition) is 6. The van der Waals surface area contributed by atoms with Gasteiger partial charge in [0.25, 0.3) is 5.91 Å². The van der Waals surface area contributed by atoms with Gasteiger partial charge in [0.05, 0.1) is 18.3 Å². The van der Waals surface area contributed by atoms with Crippen LogP contribution in [-0.2, 0) is 4.79 Å². The lowest BCUT2D eigenvalue weighted by atomic mass is 10.3. The summed E-state index contributed by atoms with van der Waals surface area (Å²) in [5, 5.41) is 18.7. The molecule has 2 heterocycles. The van der Waals surface area contributed by atoms with Crippen molar-refractivity contribution in [1.29, 1.82) is 0 Å². The number of aliphatic hydroxyl groups is 1. The van der Waals surface area contributed by atoms with Gasteiger partial charge >= 0.3 is 5.97 Å². The number of amides is 1. The number of oxazole rings is 1. The van der Waals surface area contributed by atoms with Gasteiger partial charge in [0.1, 0.15) is 0 Å². The average molecular weight is 297 g/mol. The maximum Gasteiger partial charge on any atom is 0.317 e. The lowest BCUT2D eigenvalue weighted by molar-refractivity contribution is -0.138. The molecule has 1 saturated heterocycles. The Bertz CT molecular complexity index is 542. The van der Waals surface area contributed by atoms with Crippen molar-refractivity contribution in [2.45, 2.75) is 20.0 Å². The Morgan fingerprint density at radius 1 is 1.33 bits per heavy atom. The first kappa shape index (κ1) is 15.5. The van der Waals surface area contributed by atoms with E-state index >= 15 is 0 Å². The number of carboxylic acids is 1. The molecular formula is C13H19N3O5. The highest BCUT2D eigenvalue weighted by molar-refractivity contribution is 5.92. The molecule has 1 aliphatic rings. The Morgan fingerprint density at radius 3 is 2.62 bits per heavy atom. The molecule has 21 heavy (non-hydrogen) atoms. The third-order valence-corrected chi connectivity index (χ3v) is 3.33. The summed E-state index contributed by atoms with van der Waals surface area (Å²) in [7, 11) is 0. The second-order valence-electron chi connectivity index (χ2n) is 5.18. The number of nitrogens with zero attached hydrogens (tertiary/aromatic N) is 3. The van der Waals surface area contributed by atoms with Crippen molar-refractivity contribution in [3.05, 3.63) is 17.3 Å². The monoisotopic (exact) mass is 297 g/mol. The van der Waals surface area contributed by atoms with Crippen LogP contribution in [0.25, 0.3) is 0 Å². The second kappa shape index (κ2) is 6.23. The molecule has 1 aliphatic heterocycles. The van der Waals surface area contributed by atoms with Gasteiger partial charge in [0, 0.05) is 33.1 Å². The minimum absolute atomic E-state index is 0.147. The normalized spacial score (nSPS) is 20.3. The predicted molar refractivity (Wildman–Crippen MR) is 72.0 cm³/mol. The highest BCUT2D eigenvalue weighted by Gasteiger charge is 2.28. The van der Waals surface area contributed by atoms with E-state index in [0.717, 1.165) is 0 Å². The molecule has 8 heteroatoms. The average Bonchev–Trinajstić information content (AvgIpc) is 2.60. The lowest BCUT2D eigenvalue weighted by Crippen LogP contribution is -2.37. The van der Waals surface area contributed by atoms with Gasteiger partial charge in [-0.2, -0.15) is 0 Å². The smallest absolute Gasteiger partial charge is 0.317 e. The number of hydrogen-bond donors (Lipinski definition) is 2. The molecule has 0 saturated carbocycles. The van der Waals surface area contributed by atoms with E-state index in [1.165, 1.54) is 4.90 Å². The van der Waals surface area contributed by atoms with Crippen molar-refractivity contribution >= 4 is 11.9 Å². The van der Waals surface area contributed by atoms with Crippen LogP contribution in [0.3, 0.4) is 0 Å². The van der Waals surface area contributed by atoms with E-state index in [4.69, 9.17) is 9.52 Å². The number of carbonyl (C=O) groups excluding carboxylic acids is 1. The second-order valence-corrected chi connectivity index (χ2v) is 5.18. The minimum atomic E-state index is -0.955. The summed E-state index contributed by atoms with van der Waals surface area (Å²) in [4.78, 5) is 30.3. The third-order valence-electron chi connectivity index (χ3n) is 3.33. The van der Waals surface area contributed by atoms with E-state index in [-0.39, 0.29) is 31.3 Å². The molecule has 1 amide bonds. The number of aliphatic carboxylic acids is 1. The summed E-state index contributed by atoms with van der Waals surface area (Å²) < 4.78 is 5.31. The van der Waals surface area contributed by atoms with Crippen LogP contribution >= 0.6 is 0 Å². The SMILES string of the molecule is Cc1nc(C)c(C(=O)N2CCN(CC(=O)O)C[C@H](O)C2)o1. The van der Waals surface area contributed by atoms with Gasteiger partial charge in [-0.25, -0.2) is 4.98 Å². The van der Waals surface area contributed by atoms with Gasteiger partial charge in [0.15, 0.2) is 5.89 Å². The fraction of sp³-hybridized carbons (Fsp3) is 0.615. The van der Waals surface area contributed by atoms with Gasteiger partial charge in [0.2, 0.25) is 5.76 Å². The molecule has 0 radical (unpaired) electrons. The standard InChI is InChI=1S/C13H19N3O5/c1-8-12(21-9(2)14-8)13(20)16-4-3-15(7-11(18)19)5-10(17)6-16/h10,17H,3-7H2,1-2H3,(H,18,19)/t10-/m0/s1. The van der Waals surface area contributed by atoms with E-state index < -0.39 is 12.1 Å². The third kappa shape index (κ3) is 3.79. The summed E-state index contributed by atoms with van der Waals surface area (Å²) in [6, 6.07) is 0. The van der Waals surface area contributed by atoms with Crippen LogP contribution in [0.5, 0.6) is 0 Å². The van der Waals surface area contributed by atoms with Crippen LogP contribution in [0.15, 0.2) is 4.42 Å². The molecular weight excluding hydrogens is 278 g/mol. The summed E-state index contributed by atoms with van der Waals surface area (Å²) in [5.41, 5.74) is 0.513. The van der Waals surface area contributed by atoms with Gasteiger partial charge in [-0.05, 0) is 6.92 Å². The molecule has 0 spiro atoms. The summed E-state index contributed by atoms with van der Waals surface area (Å²) in [6.45, 7) is 4.30. The number of aromatic nitrogens is 1. The topological polar surface area (TPSA) is 107 Å². The first-order valence-electron chi connectivity index (χ1n) is 6.72. The number of β-amino-alcohol motifs (C(OH)–C–C–N with tert-alkyl or cyclic N) is 1. The summed E-state index contributed by atoms with van der Waals surface area (Å²) in [5.74, 6) is -0.696. The van der Waals surface area contributed by atoms with Crippen molar-refractivity contribution in [3.8, 4) is 0 Å². The molecule has 1 aromatic rings.